The molecule has 0 amide bonds. The Morgan fingerprint density at radius 2 is 0.424 bits per heavy atom. The SMILES string of the molecule is OC[C@@H]1O[C@H](OCCOCCOCCOCCSSCCOCCOCCOCCO[C@@H]2O[C@H](CO)[C@@H](O[C@@H]3O[C@@H](CO)[C@@H](O[C@H]4O[C@H](CO)[C@H](O)[C@H](O)[C@H]4O)[C@@H](O)[C@@H]3O)[C@H](O)[C@H]2O)[C@@H](O)[C@H](O)[C@H]1O[C@H]1O[C@H](CO)[C@H](O[C@H]2O[C@H](CO)[C@H](O)[C@H](O)[C@H]2O)[C@H](O)[C@H]1O. The normalized spacial score (nSPS) is 42.1. The van der Waals surface area contributed by atoms with Crippen molar-refractivity contribution >= 4 is 21.6 Å². The van der Waals surface area contributed by atoms with Gasteiger partial charge in [0.1, 0.15) is 146 Å². The molecule has 30 atom stereocenters. The maximum Gasteiger partial charge on any atom is 0.187 e. The summed E-state index contributed by atoms with van der Waals surface area (Å²) in [5, 5.41) is 207. The Morgan fingerprint density at radius 3 is 0.685 bits per heavy atom. The molecule has 0 aromatic carbocycles. The maximum absolute atomic E-state index is 11.0. The van der Waals surface area contributed by atoms with E-state index in [4.69, 9.17) is 85.3 Å². The number of ether oxygens (including phenoxy) is 18. The van der Waals surface area contributed by atoms with Gasteiger partial charge in [-0.3, -0.25) is 0 Å². The van der Waals surface area contributed by atoms with Crippen LogP contribution in [0.5, 0.6) is 0 Å². The van der Waals surface area contributed by atoms with Crippen LogP contribution < -0.4 is 0 Å². The predicted molar refractivity (Wildman–Crippen MR) is 300 cm³/mol. The molecular formula is C52H94O38S2. The van der Waals surface area contributed by atoms with E-state index in [0.29, 0.717) is 39.6 Å². The lowest BCUT2D eigenvalue weighted by Crippen LogP contribution is -2.66. The monoisotopic (exact) mass is 1390 g/mol. The van der Waals surface area contributed by atoms with Crippen molar-refractivity contribution < 1.29 is 187 Å². The first-order valence-corrected chi connectivity index (χ1v) is 32.4. The Morgan fingerprint density at radius 1 is 0.217 bits per heavy atom. The van der Waals surface area contributed by atoms with Crippen molar-refractivity contribution in [2.24, 2.45) is 0 Å². The standard InChI is InChI=1S/C52H94O38S2/c53-17-23-29(59)31(61)37(67)49(81-23)87-45-27(21-57)85-51(41(71)35(45)65)89-43-25(19-55)83-47(39(69)33(43)63)79-11-9-75-3-1-73-5-7-77-13-15-91-92-16-14-78-8-6-74-2-4-76-10-12-80-48-40(70)34(64)44(26(20-56)84-48)90-52-42(72)36(66)46(28(22-58)86-52)88-50-38(68)32(62)30(60)24(18-54)82-50/h23-72H,1-22H2/t23-,24-,25-,26+,27+,28-,29+,30+,31+,32+,33-,34+,35+,36-,37-,38-,39-,40+,41+,42-,43-,44+,45-,46+,47-,48+,49-,50-,51+,52-/m1/s1. The maximum atomic E-state index is 11.0. The van der Waals surface area contributed by atoms with Crippen LogP contribution in [0.3, 0.4) is 0 Å². The Bertz CT molecular complexity index is 1820. The zero-order chi connectivity index (χ0) is 67.0. The van der Waals surface area contributed by atoms with Crippen LogP contribution in [0.2, 0.25) is 0 Å². The number of hydrogen-bond acceptors (Lipinski definition) is 40. The van der Waals surface area contributed by atoms with E-state index in [-0.39, 0.29) is 52.9 Å². The van der Waals surface area contributed by atoms with Crippen LogP contribution in [0.1, 0.15) is 0 Å². The van der Waals surface area contributed by atoms with Gasteiger partial charge < -0.3 is 187 Å². The second kappa shape index (κ2) is 41.7. The minimum atomic E-state index is -1.96. The second-order valence-corrected chi connectivity index (χ2v) is 24.4. The topological polar surface area (TPSA) is 571 Å². The van der Waals surface area contributed by atoms with Gasteiger partial charge in [0.15, 0.2) is 37.7 Å². The van der Waals surface area contributed by atoms with Gasteiger partial charge in [-0.25, -0.2) is 0 Å². The molecule has 6 rings (SSSR count). The first-order valence-electron chi connectivity index (χ1n) is 29.9. The minimum absolute atomic E-state index is 0.0341. The zero-order valence-corrected chi connectivity index (χ0v) is 51.6. The van der Waals surface area contributed by atoms with Crippen molar-refractivity contribution in [2.45, 2.75) is 184 Å². The van der Waals surface area contributed by atoms with Crippen LogP contribution >= 0.6 is 21.6 Å². The molecule has 38 nitrogen and oxygen atoms in total. The average Bonchev–Trinajstić information content (AvgIpc) is 0.814. The van der Waals surface area contributed by atoms with Crippen LogP contribution in [0, 0.1) is 0 Å². The van der Waals surface area contributed by atoms with E-state index in [1.807, 2.05) is 0 Å². The lowest BCUT2D eigenvalue weighted by Gasteiger charge is -2.48. The van der Waals surface area contributed by atoms with Gasteiger partial charge in [0, 0.05) is 11.5 Å². The first kappa shape index (κ1) is 80.2. The van der Waals surface area contributed by atoms with E-state index in [1.54, 1.807) is 21.6 Å². The van der Waals surface area contributed by atoms with Crippen molar-refractivity contribution in [3.8, 4) is 0 Å². The smallest absolute Gasteiger partial charge is 0.187 e. The fourth-order valence-corrected chi connectivity index (χ4v) is 11.9. The van der Waals surface area contributed by atoms with Crippen LogP contribution in [-0.4, -0.2) is 430 Å². The van der Waals surface area contributed by atoms with Crippen molar-refractivity contribution in [2.75, 3.05) is 144 Å². The van der Waals surface area contributed by atoms with Crippen molar-refractivity contribution in [3.05, 3.63) is 0 Å². The molecule has 0 radical (unpaired) electrons. The molecule has 0 spiro atoms. The molecule has 6 aliphatic rings. The lowest BCUT2D eigenvalue weighted by molar-refractivity contribution is -0.379. The number of hydrogen-bond donors (Lipinski definition) is 20. The second-order valence-electron chi connectivity index (χ2n) is 21.7. The van der Waals surface area contributed by atoms with E-state index >= 15 is 0 Å². The molecule has 542 valence electrons. The van der Waals surface area contributed by atoms with Crippen molar-refractivity contribution in [3.63, 3.8) is 0 Å². The van der Waals surface area contributed by atoms with E-state index in [2.05, 4.69) is 0 Å². The van der Waals surface area contributed by atoms with Crippen LogP contribution in [0.15, 0.2) is 0 Å². The van der Waals surface area contributed by atoms with Gasteiger partial charge in [0.2, 0.25) is 0 Å². The third-order valence-electron chi connectivity index (χ3n) is 15.4. The van der Waals surface area contributed by atoms with E-state index < -0.39 is 224 Å². The number of rotatable bonds is 41. The minimum Gasteiger partial charge on any atom is -0.394 e. The third-order valence-corrected chi connectivity index (χ3v) is 17.7. The quantitative estimate of drug-likeness (QED) is 0.0200. The molecule has 0 bridgehead atoms. The molecule has 40 heteroatoms. The molecule has 6 aliphatic heterocycles. The third kappa shape index (κ3) is 22.3. The Hall–Kier alpha value is -0.820. The van der Waals surface area contributed by atoms with Gasteiger partial charge in [-0.15, -0.1) is 0 Å². The lowest BCUT2D eigenvalue weighted by atomic mass is 9.96. The van der Waals surface area contributed by atoms with Crippen LogP contribution in [-0.2, 0) is 85.3 Å². The van der Waals surface area contributed by atoms with Crippen LogP contribution in [0.25, 0.3) is 0 Å². The van der Waals surface area contributed by atoms with E-state index in [9.17, 15) is 102 Å². The largest absolute Gasteiger partial charge is 0.394 e. The highest BCUT2D eigenvalue weighted by molar-refractivity contribution is 8.76. The summed E-state index contributed by atoms with van der Waals surface area (Å²) >= 11 is 0. The Kier molecular flexibility index (Phi) is 36.3. The summed E-state index contributed by atoms with van der Waals surface area (Å²) in [6.45, 7) is -1.75. The van der Waals surface area contributed by atoms with Crippen LogP contribution in [0.4, 0.5) is 0 Å². The summed E-state index contributed by atoms with van der Waals surface area (Å²) < 4.78 is 99.7. The van der Waals surface area contributed by atoms with Crippen molar-refractivity contribution in [1.82, 2.24) is 0 Å². The highest BCUT2D eigenvalue weighted by Gasteiger charge is 2.56. The van der Waals surface area contributed by atoms with Gasteiger partial charge in [-0.1, -0.05) is 21.6 Å². The molecule has 0 aromatic heterocycles. The molecule has 6 heterocycles. The highest BCUT2D eigenvalue weighted by Crippen LogP contribution is 2.35. The molecule has 6 fully saturated rings. The molecule has 0 saturated carbocycles. The predicted octanol–water partition coefficient (Wildman–Crippen LogP) is -12.6. The van der Waals surface area contributed by atoms with Gasteiger partial charge in [0.05, 0.1) is 132 Å². The number of aliphatic hydroxyl groups excluding tert-OH is 20. The van der Waals surface area contributed by atoms with Gasteiger partial charge in [0.25, 0.3) is 0 Å². The van der Waals surface area contributed by atoms with E-state index in [0.717, 1.165) is 11.5 Å². The summed E-state index contributed by atoms with van der Waals surface area (Å²) in [5.41, 5.74) is 0. The van der Waals surface area contributed by atoms with Gasteiger partial charge in [-0.2, -0.15) is 0 Å². The van der Waals surface area contributed by atoms with Gasteiger partial charge >= 0.3 is 0 Å². The first-order chi connectivity index (χ1) is 44.3. The summed E-state index contributed by atoms with van der Waals surface area (Å²) in [4.78, 5) is 0. The Labute approximate surface area is 535 Å². The zero-order valence-electron chi connectivity index (χ0n) is 50.0. The number of aliphatic hydroxyl groups is 20. The Balaban J connectivity index is 0.706. The summed E-state index contributed by atoms with van der Waals surface area (Å²) in [6.07, 6.45) is -50.5. The summed E-state index contributed by atoms with van der Waals surface area (Å²) in [5.74, 6) is 1.46. The highest BCUT2D eigenvalue weighted by atomic mass is 33.1. The summed E-state index contributed by atoms with van der Waals surface area (Å²) in [6, 6.07) is 0. The summed E-state index contributed by atoms with van der Waals surface area (Å²) in [7, 11) is 3.24. The molecule has 92 heavy (non-hydrogen) atoms. The van der Waals surface area contributed by atoms with E-state index in [1.165, 1.54) is 0 Å². The molecule has 0 unspecified atom stereocenters. The molecular weight excluding hydrogens is 1300 g/mol. The fraction of sp³-hybridized carbons (Fsp3) is 1.00. The fourth-order valence-electron chi connectivity index (χ4n) is 10.2. The molecule has 20 N–H and O–H groups in total. The molecule has 0 aromatic rings. The average molecular weight is 1390 g/mol. The molecule has 6 saturated heterocycles. The molecule has 0 aliphatic carbocycles. The van der Waals surface area contributed by atoms with Gasteiger partial charge in [-0.05, 0) is 0 Å². The van der Waals surface area contributed by atoms with Crippen molar-refractivity contribution in [1.29, 1.82) is 0 Å².